The summed E-state index contributed by atoms with van der Waals surface area (Å²) < 4.78 is 23.5. The molecule has 0 aromatic carbocycles. The van der Waals surface area contributed by atoms with E-state index in [1.54, 1.807) is 6.08 Å². The predicted molar refractivity (Wildman–Crippen MR) is 235 cm³/mol. The van der Waals surface area contributed by atoms with Crippen LogP contribution in [0, 0.1) is 0 Å². The molecule has 0 aromatic heterocycles. The summed E-state index contributed by atoms with van der Waals surface area (Å²) in [6, 6.07) is -0.857. The summed E-state index contributed by atoms with van der Waals surface area (Å²) in [7, 11) is 1.56. The van der Waals surface area contributed by atoms with Gasteiger partial charge >= 0.3 is 7.82 Å². The van der Waals surface area contributed by atoms with E-state index in [2.05, 4.69) is 31.3 Å². The molecule has 8 nitrogen and oxygen atoms in total. The molecule has 0 heterocycles. The fraction of sp³-hybridized carbons (Fsp3) is 0.891. The highest BCUT2D eigenvalue weighted by molar-refractivity contribution is 7.47. The molecule has 9 heteroatoms. The van der Waals surface area contributed by atoms with Gasteiger partial charge in [0.25, 0.3) is 0 Å². The van der Waals surface area contributed by atoms with Gasteiger partial charge in [-0.25, -0.2) is 4.57 Å². The zero-order chi connectivity index (χ0) is 40.7. The normalized spacial score (nSPS) is 14.5. The van der Waals surface area contributed by atoms with E-state index >= 15 is 0 Å². The number of hydrogen-bond acceptors (Lipinski definition) is 5. The first-order valence-electron chi connectivity index (χ1n) is 23.2. The SMILES string of the molecule is CCCCCCCCCCCCCCCCCCCC/C=C/CC/C=C/C(O)C(COP(=O)(O)OCC[N+](C)(C)C)NC(=O)CCCCCCCCCCC. The van der Waals surface area contributed by atoms with Crippen molar-refractivity contribution in [2.45, 2.75) is 225 Å². The number of likely N-dealkylation sites (N-methyl/N-ethyl adjacent to an activating group) is 1. The average molecular weight is 800 g/mol. The Morgan fingerprint density at radius 2 is 1.00 bits per heavy atom. The van der Waals surface area contributed by atoms with E-state index in [4.69, 9.17) is 9.05 Å². The maximum absolute atomic E-state index is 12.8. The first-order chi connectivity index (χ1) is 26.5. The monoisotopic (exact) mass is 800 g/mol. The zero-order valence-corrected chi connectivity index (χ0v) is 37.8. The van der Waals surface area contributed by atoms with Crippen molar-refractivity contribution >= 4 is 13.7 Å². The lowest BCUT2D eigenvalue weighted by Gasteiger charge is -2.25. The van der Waals surface area contributed by atoms with Gasteiger partial charge in [0, 0.05) is 6.42 Å². The summed E-state index contributed by atoms with van der Waals surface area (Å²) in [4.78, 5) is 23.0. The number of nitrogens with one attached hydrogen (secondary N) is 1. The molecule has 0 aliphatic rings. The average Bonchev–Trinajstić information content (AvgIpc) is 3.13. The second kappa shape index (κ2) is 38.5. The Morgan fingerprint density at radius 3 is 1.45 bits per heavy atom. The number of nitrogens with zero attached hydrogens (tertiary/aromatic N) is 1. The van der Waals surface area contributed by atoms with Crippen LogP contribution in [0.15, 0.2) is 24.3 Å². The molecule has 0 bridgehead atoms. The maximum atomic E-state index is 12.8. The number of amides is 1. The van der Waals surface area contributed by atoms with Crippen LogP contribution in [-0.2, 0) is 18.4 Å². The van der Waals surface area contributed by atoms with Crippen LogP contribution in [0.1, 0.15) is 213 Å². The van der Waals surface area contributed by atoms with Gasteiger partial charge in [0.15, 0.2) is 0 Å². The first kappa shape index (κ1) is 54.0. The van der Waals surface area contributed by atoms with Crippen molar-refractivity contribution in [1.29, 1.82) is 0 Å². The molecule has 0 saturated heterocycles. The van der Waals surface area contributed by atoms with E-state index < -0.39 is 20.0 Å². The second-order valence-corrected chi connectivity index (χ2v) is 18.6. The molecular weight excluding hydrogens is 707 g/mol. The largest absolute Gasteiger partial charge is 0.472 e. The third kappa shape index (κ3) is 41.0. The Kier molecular flexibility index (Phi) is 37.8. The van der Waals surface area contributed by atoms with Crippen molar-refractivity contribution in [1.82, 2.24) is 5.32 Å². The molecule has 3 unspecified atom stereocenters. The van der Waals surface area contributed by atoms with E-state index in [0.29, 0.717) is 17.4 Å². The van der Waals surface area contributed by atoms with Gasteiger partial charge in [-0.1, -0.05) is 199 Å². The molecule has 0 fully saturated rings. The highest BCUT2D eigenvalue weighted by Crippen LogP contribution is 2.43. The van der Waals surface area contributed by atoms with Gasteiger partial charge in [-0.3, -0.25) is 13.8 Å². The number of carbonyl (C=O) groups is 1. The highest BCUT2D eigenvalue weighted by Gasteiger charge is 2.27. The molecule has 0 saturated carbocycles. The van der Waals surface area contributed by atoms with Crippen molar-refractivity contribution in [3.05, 3.63) is 24.3 Å². The van der Waals surface area contributed by atoms with Gasteiger partial charge in [-0.15, -0.1) is 0 Å². The van der Waals surface area contributed by atoms with E-state index in [1.165, 1.54) is 154 Å². The number of carbonyl (C=O) groups excluding carboxylic acids is 1. The second-order valence-electron chi connectivity index (χ2n) is 17.1. The molecule has 0 rings (SSSR count). The van der Waals surface area contributed by atoms with Crippen molar-refractivity contribution in [3.63, 3.8) is 0 Å². The Balaban J connectivity index is 4.27. The predicted octanol–water partition coefficient (Wildman–Crippen LogP) is 12.9. The molecule has 0 radical (unpaired) electrons. The third-order valence-electron chi connectivity index (χ3n) is 10.4. The number of allylic oxidation sites excluding steroid dienone is 3. The standard InChI is InChI=1S/C46H91N2O6P/c1-6-8-10-12-14-16-17-18-19-20-21-22-23-24-25-26-27-28-29-30-32-33-35-37-39-45(49)44(43-54-55(51,52)53-42-41-48(3,4)5)47-46(50)40-38-36-34-31-15-13-11-9-7-2/h30,32,37,39,44-45,49H,6-29,31,33-36,38,40-43H2,1-5H3,(H-,47,50,51,52)/p+1/b32-30+,39-37+. The molecule has 0 aliphatic heterocycles. The lowest BCUT2D eigenvalue weighted by Crippen LogP contribution is -2.45. The van der Waals surface area contributed by atoms with Crippen LogP contribution in [-0.4, -0.2) is 73.4 Å². The number of phosphoric acid groups is 1. The third-order valence-corrected chi connectivity index (χ3v) is 11.4. The number of hydrogen-bond donors (Lipinski definition) is 3. The van der Waals surface area contributed by atoms with Crippen LogP contribution in [0.2, 0.25) is 0 Å². The number of aliphatic hydroxyl groups excluding tert-OH is 1. The zero-order valence-electron chi connectivity index (χ0n) is 36.9. The van der Waals surface area contributed by atoms with Crippen LogP contribution in [0.4, 0.5) is 0 Å². The van der Waals surface area contributed by atoms with Gasteiger partial charge in [-0.05, 0) is 32.1 Å². The summed E-state index contributed by atoms with van der Waals surface area (Å²) >= 11 is 0. The molecule has 3 atom stereocenters. The Hall–Kier alpha value is -1.02. The molecule has 0 aliphatic carbocycles. The van der Waals surface area contributed by atoms with Crippen molar-refractivity contribution in [2.24, 2.45) is 0 Å². The van der Waals surface area contributed by atoms with Gasteiger partial charge in [0.1, 0.15) is 13.2 Å². The fourth-order valence-electron chi connectivity index (χ4n) is 6.70. The Bertz CT molecular complexity index is 953. The Labute approximate surface area is 341 Å². The number of quaternary nitrogens is 1. The summed E-state index contributed by atoms with van der Waals surface area (Å²) in [6.07, 6.45) is 45.6. The van der Waals surface area contributed by atoms with Crippen LogP contribution in [0.25, 0.3) is 0 Å². The summed E-state index contributed by atoms with van der Waals surface area (Å²) in [6.45, 7) is 4.78. The van der Waals surface area contributed by atoms with E-state index in [1.807, 2.05) is 27.2 Å². The van der Waals surface area contributed by atoms with E-state index in [0.717, 1.165) is 38.5 Å². The molecule has 0 aromatic rings. The van der Waals surface area contributed by atoms with Crippen molar-refractivity contribution < 1.29 is 32.9 Å². The number of aliphatic hydroxyl groups is 1. The molecule has 3 N–H and O–H groups in total. The molecular formula is C46H92N2O6P+. The minimum atomic E-state index is -4.34. The van der Waals surface area contributed by atoms with Crippen LogP contribution in [0.5, 0.6) is 0 Å². The summed E-state index contributed by atoms with van der Waals surface area (Å²) in [5.74, 6) is -0.190. The fourth-order valence-corrected chi connectivity index (χ4v) is 7.44. The van der Waals surface area contributed by atoms with Gasteiger partial charge in [0.05, 0.1) is 39.9 Å². The minimum Gasteiger partial charge on any atom is -0.387 e. The van der Waals surface area contributed by atoms with Crippen molar-refractivity contribution in [3.8, 4) is 0 Å². The highest BCUT2D eigenvalue weighted by atomic mass is 31.2. The summed E-state index contributed by atoms with van der Waals surface area (Å²) in [5, 5.41) is 13.8. The number of phosphoric ester groups is 1. The molecule has 326 valence electrons. The lowest BCUT2D eigenvalue weighted by molar-refractivity contribution is -0.870. The smallest absolute Gasteiger partial charge is 0.387 e. The van der Waals surface area contributed by atoms with Gasteiger partial charge in [-0.2, -0.15) is 0 Å². The van der Waals surface area contributed by atoms with Crippen molar-refractivity contribution in [2.75, 3.05) is 40.9 Å². The van der Waals surface area contributed by atoms with E-state index in [9.17, 15) is 19.4 Å². The minimum absolute atomic E-state index is 0.0580. The molecule has 55 heavy (non-hydrogen) atoms. The lowest BCUT2D eigenvalue weighted by atomic mass is 10.0. The quantitative estimate of drug-likeness (QED) is 0.0246. The van der Waals surface area contributed by atoms with E-state index in [-0.39, 0.29) is 19.1 Å². The molecule has 0 spiro atoms. The van der Waals surface area contributed by atoms with Gasteiger partial charge in [0.2, 0.25) is 5.91 Å². The van der Waals surface area contributed by atoms with Crippen LogP contribution >= 0.6 is 7.82 Å². The van der Waals surface area contributed by atoms with Crippen LogP contribution < -0.4 is 5.32 Å². The Morgan fingerprint density at radius 1 is 0.600 bits per heavy atom. The van der Waals surface area contributed by atoms with Gasteiger partial charge < -0.3 is 19.8 Å². The first-order valence-corrected chi connectivity index (χ1v) is 24.7. The number of rotatable bonds is 42. The number of unbranched alkanes of at least 4 members (excludes halogenated alkanes) is 27. The topological polar surface area (TPSA) is 105 Å². The molecule has 1 amide bonds. The maximum Gasteiger partial charge on any atom is 0.472 e. The summed E-state index contributed by atoms with van der Waals surface area (Å²) in [5.41, 5.74) is 0. The van der Waals surface area contributed by atoms with Crippen LogP contribution in [0.3, 0.4) is 0 Å².